The number of amides is 2. The van der Waals surface area contributed by atoms with E-state index in [1.807, 2.05) is 38.1 Å². The van der Waals surface area contributed by atoms with Crippen LogP contribution in [0.15, 0.2) is 78.9 Å². The van der Waals surface area contributed by atoms with Gasteiger partial charge in [0.25, 0.3) is 0 Å². The molecule has 6 nitrogen and oxygen atoms in total. The minimum atomic E-state index is -4.74. The van der Waals surface area contributed by atoms with E-state index in [0.717, 1.165) is 22.3 Å². The fourth-order valence-electron chi connectivity index (χ4n) is 3.47. The monoisotopic (exact) mass is 512 g/mol. The highest BCUT2D eigenvalue weighted by molar-refractivity contribution is 5.93. The van der Waals surface area contributed by atoms with E-state index < -0.39 is 12.3 Å². The van der Waals surface area contributed by atoms with E-state index in [2.05, 4.69) is 14.8 Å². The summed E-state index contributed by atoms with van der Waals surface area (Å²) in [6.45, 7) is 4.00. The van der Waals surface area contributed by atoms with Crippen LogP contribution in [0.3, 0.4) is 0 Å². The fourth-order valence-corrected chi connectivity index (χ4v) is 3.47. The first-order valence-corrected chi connectivity index (χ1v) is 11.4. The molecule has 0 fully saturated rings. The van der Waals surface area contributed by atoms with Crippen LogP contribution in [0.25, 0.3) is 17.2 Å². The molecule has 3 rings (SSSR count). The largest absolute Gasteiger partial charge is 0.573 e. The maximum Gasteiger partial charge on any atom is 0.573 e. The van der Waals surface area contributed by atoms with Gasteiger partial charge in [-0.3, -0.25) is 4.90 Å². The maximum atomic E-state index is 13.0. The Morgan fingerprint density at radius 1 is 0.973 bits per heavy atom. The quantitative estimate of drug-likeness (QED) is 0.274. The van der Waals surface area contributed by atoms with Gasteiger partial charge in [0.1, 0.15) is 5.75 Å². The molecule has 0 aliphatic rings. The number of nitrogens with zero attached hydrogens (tertiary/aromatic N) is 1. The van der Waals surface area contributed by atoms with E-state index in [9.17, 15) is 22.8 Å². The first kappa shape index (κ1) is 27.3. The van der Waals surface area contributed by atoms with Gasteiger partial charge < -0.3 is 14.8 Å². The van der Waals surface area contributed by atoms with Gasteiger partial charge in [-0.05, 0) is 66.4 Å². The number of alkyl halides is 3. The number of ether oxygens (including phenoxy) is 2. The van der Waals surface area contributed by atoms with Crippen molar-refractivity contribution in [1.82, 2.24) is 5.32 Å². The Labute approximate surface area is 213 Å². The van der Waals surface area contributed by atoms with Gasteiger partial charge in [0.2, 0.25) is 0 Å². The summed E-state index contributed by atoms with van der Waals surface area (Å²) in [6, 6.07) is 19.8. The van der Waals surface area contributed by atoms with Gasteiger partial charge in [0.05, 0.1) is 13.7 Å². The number of halogens is 3. The third-order valence-corrected chi connectivity index (χ3v) is 5.17. The first-order valence-electron chi connectivity index (χ1n) is 11.4. The molecule has 37 heavy (non-hydrogen) atoms. The highest BCUT2D eigenvalue weighted by atomic mass is 19.4. The molecule has 0 aliphatic carbocycles. The van der Waals surface area contributed by atoms with E-state index in [1.165, 1.54) is 25.3 Å². The number of hydrogen-bond acceptors (Lipinski definition) is 4. The standard InChI is InChI=1S/C28H27F3N2O4/c1-19(2)32-27(35)33(24-6-4-5-20(17-24)9-16-26(34)36-3)18-21-7-10-22(11-8-21)23-12-14-25(15-13-23)37-28(29,30)31/h4-17,19H,18H2,1-3H3,(H,32,35)/b16-9+. The van der Waals surface area contributed by atoms with Crippen molar-refractivity contribution >= 4 is 23.8 Å². The van der Waals surface area contributed by atoms with Gasteiger partial charge >= 0.3 is 18.4 Å². The molecule has 0 unspecified atom stereocenters. The molecular formula is C28H27F3N2O4. The molecule has 9 heteroatoms. The summed E-state index contributed by atoms with van der Waals surface area (Å²) in [5.41, 5.74) is 3.72. The lowest BCUT2D eigenvalue weighted by molar-refractivity contribution is -0.274. The summed E-state index contributed by atoms with van der Waals surface area (Å²) < 4.78 is 45.7. The van der Waals surface area contributed by atoms with E-state index in [0.29, 0.717) is 5.69 Å². The molecule has 0 saturated carbocycles. The van der Waals surface area contributed by atoms with Gasteiger partial charge in [0.15, 0.2) is 0 Å². The van der Waals surface area contributed by atoms with Crippen molar-refractivity contribution < 1.29 is 32.2 Å². The number of carbonyl (C=O) groups excluding carboxylic acids is 2. The molecule has 0 saturated heterocycles. The average Bonchev–Trinajstić information content (AvgIpc) is 2.85. The predicted octanol–water partition coefficient (Wildman–Crippen LogP) is 6.56. The van der Waals surface area contributed by atoms with E-state index in [1.54, 1.807) is 47.4 Å². The number of rotatable bonds is 8. The zero-order valence-corrected chi connectivity index (χ0v) is 20.6. The van der Waals surface area contributed by atoms with Crippen molar-refractivity contribution in [3.63, 3.8) is 0 Å². The normalized spacial score (nSPS) is 11.4. The number of nitrogens with one attached hydrogen (secondary N) is 1. The van der Waals surface area contributed by atoms with Crippen molar-refractivity contribution in [2.24, 2.45) is 0 Å². The molecule has 2 amide bonds. The minimum absolute atomic E-state index is 0.0796. The van der Waals surface area contributed by atoms with Crippen LogP contribution < -0.4 is 15.0 Å². The van der Waals surface area contributed by atoms with Gasteiger partial charge in [-0.1, -0.05) is 48.5 Å². The molecule has 0 bridgehead atoms. The Hall–Kier alpha value is -4.27. The second kappa shape index (κ2) is 12.1. The summed E-state index contributed by atoms with van der Waals surface area (Å²) >= 11 is 0. The highest BCUT2D eigenvalue weighted by Gasteiger charge is 2.31. The molecule has 0 aromatic heterocycles. The van der Waals surface area contributed by atoms with Gasteiger partial charge in [0, 0.05) is 17.8 Å². The van der Waals surface area contributed by atoms with Crippen molar-refractivity contribution in [3.8, 4) is 16.9 Å². The van der Waals surface area contributed by atoms with Crippen molar-refractivity contribution in [2.75, 3.05) is 12.0 Å². The van der Waals surface area contributed by atoms with Crippen LogP contribution in [-0.4, -0.2) is 31.5 Å². The maximum absolute atomic E-state index is 13.0. The lowest BCUT2D eigenvalue weighted by Gasteiger charge is -2.25. The summed E-state index contributed by atoms with van der Waals surface area (Å²) in [6.07, 6.45) is -1.83. The van der Waals surface area contributed by atoms with E-state index >= 15 is 0 Å². The molecule has 0 spiro atoms. The van der Waals surface area contributed by atoms with Crippen LogP contribution in [0.1, 0.15) is 25.0 Å². The molecular weight excluding hydrogens is 485 g/mol. The smallest absolute Gasteiger partial charge is 0.466 e. The Bertz CT molecular complexity index is 1240. The number of hydrogen-bond donors (Lipinski definition) is 1. The summed E-state index contributed by atoms with van der Waals surface area (Å²) in [7, 11) is 1.30. The average molecular weight is 513 g/mol. The Morgan fingerprint density at radius 2 is 1.59 bits per heavy atom. The van der Waals surface area contributed by atoms with Crippen LogP contribution in [0.2, 0.25) is 0 Å². The molecule has 0 aliphatic heterocycles. The van der Waals surface area contributed by atoms with E-state index in [-0.39, 0.29) is 24.4 Å². The van der Waals surface area contributed by atoms with Crippen molar-refractivity contribution in [2.45, 2.75) is 32.8 Å². The van der Waals surface area contributed by atoms with E-state index in [4.69, 9.17) is 0 Å². The Kier molecular flexibility index (Phi) is 8.95. The lowest BCUT2D eigenvalue weighted by atomic mass is 10.0. The number of benzene rings is 3. The minimum Gasteiger partial charge on any atom is -0.466 e. The Balaban J connectivity index is 1.81. The number of anilines is 1. The van der Waals surface area contributed by atoms with Crippen LogP contribution in [0, 0.1) is 0 Å². The topological polar surface area (TPSA) is 67.9 Å². The number of urea groups is 1. The molecule has 194 valence electrons. The van der Waals surface area contributed by atoms with Crippen molar-refractivity contribution in [3.05, 3.63) is 90.0 Å². The SMILES string of the molecule is COC(=O)/C=C/c1cccc(N(Cc2ccc(-c3ccc(OC(F)(F)F)cc3)cc2)C(=O)NC(C)C)c1. The number of carbonyl (C=O) groups is 2. The van der Waals surface area contributed by atoms with Crippen molar-refractivity contribution in [1.29, 1.82) is 0 Å². The molecule has 3 aromatic rings. The van der Waals surface area contributed by atoms with Gasteiger partial charge in [-0.25, -0.2) is 9.59 Å². The molecule has 3 aromatic carbocycles. The van der Waals surface area contributed by atoms with Crippen LogP contribution >= 0.6 is 0 Å². The van der Waals surface area contributed by atoms with Crippen LogP contribution in [-0.2, 0) is 16.1 Å². The first-order chi connectivity index (χ1) is 17.5. The van der Waals surface area contributed by atoms with Crippen LogP contribution in [0.4, 0.5) is 23.7 Å². The summed E-state index contributed by atoms with van der Waals surface area (Å²) in [5, 5.41) is 2.90. The zero-order chi connectivity index (χ0) is 27.0. The second-order valence-corrected chi connectivity index (χ2v) is 8.41. The molecule has 0 heterocycles. The van der Waals surface area contributed by atoms with Crippen LogP contribution in [0.5, 0.6) is 5.75 Å². The summed E-state index contributed by atoms with van der Waals surface area (Å²) in [5.74, 6) is -0.772. The molecule has 1 N–H and O–H groups in total. The third-order valence-electron chi connectivity index (χ3n) is 5.17. The number of methoxy groups -OCH3 is 1. The molecule has 0 radical (unpaired) electrons. The second-order valence-electron chi connectivity index (χ2n) is 8.41. The predicted molar refractivity (Wildman–Crippen MR) is 136 cm³/mol. The highest BCUT2D eigenvalue weighted by Crippen LogP contribution is 2.27. The fraction of sp³-hybridized carbons (Fsp3) is 0.214. The van der Waals surface area contributed by atoms with Gasteiger partial charge in [-0.2, -0.15) is 0 Å². The lowest BCUT2D eigenvalue weighted by Crippen LogP contribution is -2.42. The number of esters is 1. The Morgan fingerprint density at radius 3 is 2.16 bits per heavy atom. The summed E-state index contributed by atoms with van der Waals surface area (Å²) in [4.78, 5) is 26.1. The zero-order valence-electron chi connectivity index (χ0n) is 20.6. The van der Waals surface area contributed by atoms with Gasteiger partial charge in [-0.15, -0.1) is 13.2 Å². The molecule has 0 atom stereocenters. The third kappa shape index (κ3) is 8.42.